The Labute approximate surface area is 164 Å². The number of nitrogens with one attached hydrogen (secondary N) is 2. The van der Waals surface area contributed by atoms with E-state index in [4.69, 9.17) is 9.73 Å². The zero-order valence-electron chi connectivity index (χ0n) is 17.2. The first-order valence-electron chi connectivity index (χ1n) is 10.6. The van der Waals surface area contributed by atoms with Crippen LogP contribution in [0.3, 0.4) is 0 Å². The maximum Gasteiger partial charge on any atom is 0.191 e. The highest BCUT2D eigenvalue weighted by molar-refractivity contribution is 5.80. The average Bonchev–Trinajstić information content (AvgIpc) is 2.67. The fourth-order valence-electron chi connectivity index (χ4n) is 4.10. The molecule has 1 atom stereocenters. The molecule has 0 aliphatic carbocycles. The van der Waals surface area contributed by atoms with Crippen molar-refractivity contribution in [2.75, 3.05) is 39.3 Å². The third-order valence-electron chi connectivity index (χ3n) is 5.45. The van der Waals surface area contributed by atoms with Gasteiger partial charge in [-0.1, -0.05) is 32.0 Å². The minimum atomic E-state index is 0.443. The molecule has 2 N–H and O–H groups in total. The molecular weight excluding hydrogens is 336 g/mol. The minimum absolute atomic E-state index is 0.443. The first kappa shape index (κ1) is 20.0. The van der Waals surface area contributed by atoms with Gasteiger partial charge in [-0.05, 0) is 43.7 Å². The van der Waals surface area contributed by atoms with Crippen molar-refractivity contribution in [3.05, 3.63) is 29.8 Å². The first-order valence-corrected chi connectivity index (χ1v) is 10.6. The third kappa shape index (κ3) is 5.86. The van der Waals surface area contributed by atoms with Crippen LogP contribution < -0.4 is 15.4 Å². The topological polar surface area (TPSA) is 48.9 Å². The molecule has 2 aliphatic heterocycles. The summed E-state index contributed by atoms with van der Waals surface area (Å²) in [6, 6.07) is 8.91. The third-order valence-corrected chi connectivity index (χ3v) is 5.45. The van der Waals surface area contributed by atoms with Crippen LogP contribution in [-0.4, -0.2) is 56.2 Å². The van der Waals surface area contributed by atoms with Gasteiger partial charge in [-0.25, -0.2) is 0 Å². The van der Waals surface area contributed by atoms with Crippen LogP contribution in [0.5, 0.6) is 5.75 Å². The molecule has 0 saturated carbocycles. The van der Waals surface area contributed by atoms with E-state index in [1.807, 2.05) is 6.07 Å². The number of hydrogen-bond acceptors (Lipinski definition) is 3. The number of likely N-dealkylation sites (tertiary alicyclic amines) is 1. The number of guanidine groups is 1. The smallest absolute Gasteiger partial charge is 0.191 e. The lowest BCUT2D eigenvalue weighted by atomic mass is 9.93. The average molecular weight is 373 g/mol. The van der Waals surface area contributed by atoms with Gasteiger partial charge in [0.25, 0.3) is 0 Å². The zero-order valence-corrected chi connectivity index (χ0v) is 17.2. The predicted molar refractivity (Wildman–Crippen MR) is 113 cm³/mol. The monoisotopic (exact) mass is 372 g/mol. The van der Waals surface area contributed by atoms with E-state index in [0.717, 1.165) is 43.7 Å². The van der Waals surface area contributed by atoms with Gasteiger partial charge in [0.05, 0.1) is 6.61 Å². The van der Waals surface area contributed by atoms with Crippen molar-refractivity contribution in [2.45, 2.75) is 52.0 Å². The number of ether oxygens (including phenoxy) is 1. The van der Waals surface area contributed by atoms with E-state index in [2.05, 4.69) is 54.5 Å². The quantitative estimate of drug-likeness (QED) is 0.595. The van der Waals surface area contributed by atoms with Gasteiger partial charge < -0.3 is 20.3 Å². The molecule has 1 aromatic carbocycles. The lowest BCUT2D eigenvalue weighted by Gasteiger charge is -2.34. The number of benzene rings is 1. The van der Waals surface area contributed by atoms with Crippen molar-refractivity contribution in [1.82, 2.24) is 15.5 Å². The molecule has 3 rings (SSSR count). The molecule has 27 heavy (non-hydrogen) atoms. The van der Waals surface area contributed by atoms with Crippen LogP contribution >= 0.6 is 0 Å². The van der Waals surface area contributed by atoms with Gasteiger partial charge in [0.15, 0.2) is 5.96 Å². The lowest BCUT2D eigenvalue weighted by molar-refractivity contribution is 0.187. The van der Waals surface area contributed by atoms with E-state index >= 15 is 0 Å². The summed E-state index contributed by atoms with van der Waals surface area (Å²) in [7, 11) is 0. The maximum absolute atomic E-state index is 5.78. The molecule has 1 saturated heterocycles. The fourth-order valence-corrected chi connectivity index (χ4v) is 4.10. The molecular formula is C22H36N4O. The van der Waals surface area contributed by atoms with E-state index in [1.54, 1.807) is 0 Å². The minimum Gasteiger partial charge on any atom is -0.493 e. The van der Waals surface area contributed by atoms with Crippen LogP contribution in [0, 0.1) is 5.92 Å². The van der Waals surface area contributed by atoms with E-state index in [9.17, 15) is 0 Å². The second kappa shape index (κ2) is 9.98. The standard InChI is InChI=1S/C22H36N4O/c1-4-23-22(25-19-9-12-26(13-10-19)16-17(2)3)24-15-18-11-14-27-21-8-6-5-7-20(18)21/h5-8,17-19H,4,9-16H2,1-3H3,(H2,23,24,25). The van der Waals surface area contributed by atoms with Crippen molar-refractivity contribution in [3.8, 4) is 5.75 Å². The second-order valence-electron chi connectivity index (χ2n) is 8.20. The van der Waals surface area contributed by atoms with Crippen LogP contribution in [0.1, 0.15) is 51.5 Å². The Morgan fingerprint density at radius 3 is 2.74 bits per heavy atom. The van der Waals surface area contributed by atoms with Gasteiger partial charge in [-0.2, -0.15) is 0 Å². The number of fused-ring (bicyclic) bond motifs is 1. The summed E-state index contributed by atoms with van der Waals surface area (Å²) >= 11 is 0. The Kier molecular flexibility index (Phi) is 7.39. The summed E-state index contributed by atoms with van der Waals surface area (Å²) in [5.41, 5.74) is 1.30. The fraction of sp³-hybridized carbons (Fsp3) is 0.682. The summed E-state index contributed by atoms with van der Waals surface area (Å²) in [4.78, 5) is 7.51. The van der Waals surface area contributed by atoms with E-state index in [-0.39, 0.29) is 0 Å². The van der Waals surface area contributed by atoms with Crippen molar-refractivity contribution in [3.63, 3.8) is 0 Å². The summed E-state index contributed by atoms with van der Waals surface area (Å²) in [6.07, 6.45) is 3.42. The van der Waals surface area contributed by atoms with Crippen molar-refractivity contribution in [1.29, 1.82) is 0 Å². The first-order chi connectivity index (χ1) is 13.2. The predicted octanol–water partition coefficient (Wildman–Crippen LogP) is 3.23. The molecule has 5 heteroatoms. The Hall–Kier alpha value is -1.75. The van der Waals surface area contributed by atoms with Gasteiger partial charge in [-0.15, -0.1) is 0 Å². The molecule has 1 unspecified atom stereocenters. The molecule has 0 bridgehead atoms. The maximum atomic E-state index is 5.78. The van der Waals surface area contributed by atoms with Crippen molar-refractivity contribution >= 4 is 5.96 Å². The Morgan fingerprint density at radius 2 is 2.00 bits per heavy atom. The van der Waals surface area contributed by atoms with Crippen LogP contribution in [0.4, 0.5) is 0 Å². The Balaban J connectivity index is 1.55. The van der Waals surface area contributed by atoms with E-state index in [1.165, 1.54) is 38.0 Å². The molecule has 1 fully saturated rings. The van der Waals surface area contributed by atoms with Gasteiger partial charge >= 0.3 is 0 Å². The number of para-hydroxylation sites is 1. The normalized spacial score (nSPS) is 21.6. The molecule has 150 valence electrons. The summed E-state index contributed by atoms with van der Waals surface area (Å²) < 4.78 is 5.78. The molecule has 2 aliphatic rings. The summed E-state index contributed by atoms with van der Waals surface area (Å²) in [6.45, 7) is 12.8. The SMILES string of the molecule is CCNC(=NCC1CCOc2ccccc21)NC1CCN(CC(C)C)CC1. The second-order valence-corrected chi connectivity index (χ2v) is 8.20. The van der Waals surface area contributed by atoms with Crippen LogP contribution in [0.2, 0.25) is 0 Å². The number of piperidine rings is 1. The largest absolute Gasteiger partial charge is 0.493 e. The van der Waals surface area contributed by atoms with Crippen molar-refractivity contribution < 1.29 is 4.74 Å². The number of hydrogen-bond donors (Lipinski definition) is 2. The van der Waals surface area contributed by atoms with Crippen LogP contribution in [0.15, 0.2) is 29.3 Å². The van der Waals surface area contributed by atoms with Gasteiger partial charge in [-0.3, -0.25) is 4.99 Å². The highest BCUT2D eigenvalue weighted by Gasteiger charge is 2.22. The molecule has 5 nitrogen and oxygen atoms in total. The number of nitrogens with zero attached hydrogens (tertiary/aromatic N) is 2. The Bertz CT molecular complexity index is 608. The zero-order chi connectivity index (χ0) is 19.1. The van der Waals surface area contributed by atoms with E-state index < -0.39 is 0 Å². The van der Waals surface area contributed by atoms with Gasteiger partial charge in [0, 0.05) is 44.7 Å². The number of rotatable bonds is 6. The summed E-state index contributed by atoms with van der Waals surface area (Å²) in [5.74, 6) is 3.18. The molecule has 0 aromatic heterocycles. The van der Waals surface area contributed by atoms with E-state index in [0.29, 0.717) is 12.0 Å². The van der Waals surface area contributed by atoms with Gasteiger partial charge in [0.2, 0.25) is 0 Å². The molecule has 0 spiro atoms. The lowest BCUT2D eigenvalue weighted by Crippen LogP contribution is -2.49. The highest BCUT2D eigenvalue weighted by atomic mass is 16.5. The highest BCUT2D eigenvalue weighted by Crippen LogP contribution is 2.33. The molecule has 2 heterocycles. The molecule has 0 amide bonds. The van der Waals surface area contributed by atoms with Gasteiger partial charge in [0.1, 0.15) is 5.75 Å². The number of aliphatic imine (C=N–C) groups is 1. The summed E-state index contributed by atoms with van der Waals surface area (Å²) in [5, 5.41) is 7.11. The molecule has 0 radical (unpaired) electrons. The van der Waals surface area contributed by atoms with Crippen molar-refractivity contribution in [2.24, 2.45) is 10.9 Å². The van der Waals surface area contributed by atoms with Crippen LogP contribution in [0.25, 0.3) is 0 Å². The Morgan fingerprint density at radius 1 is 1.22 bits per heavy atom. The van der Waals surface area contributed by atoms with Crippen LogP contribution in [-0.2, 0) is 0 Å². The molecule has 1 aromatic rings.